The summed E-state index contributed by atoms with van der Waals surface area (Å²) in [5, 5.41) is 0.773. The Hall–Kier alpha value is -3.24. The van der Waals surface area contributed by atoms with Crippen LogP contribution in [0, 0.1) is 0 Å². The minimum atomic E-state index is -0.142. The first kappa shape index (κ1) is 14.7. The van der Waals surface area contributed by atoms with Crippen molar-refractivity contribution in [1.82, 2.24) is 9.55 Å². The maximum atomic E-state index is 12.3. The van der Waals surface area contributed by atoms with Gasteiger partial charge in [0, 0.05) is 23.7 Å². The first-order valence-electron chi connectivity index (χ1n) is 6.92. The Labute approximate surface area is 131 Å². The quantitative estimate of drug-likeness (QED) is 0.548. The molecule has 114 valence electrons. The second kappa shape index (κ2) is 6.25. The van der Waals surface area contributed by atoms with Crippen molar-refractivity contribution in [3.8, 4) is 5.75 Å². The molecule has 0 aliphatic rings. The number of nitrogens with zero attached hydrogens (tertiary/aromatic N) is 3. The summed E-state index contributed by atoms with van der Waals surface area (Å²) in [6.07, 6.45) is 3.19. The van der Waals surface area contributed by atoms with E-state index in [4.69, 9.17) is 4.74 Å². The maximum Gasteiger partial charge on any atom is 0.251 e. The average molecular weight is 307 g/mol. The van der Waals surface area contributed by atoms with Gasteiger partial charge in [0.15, 0.2) is 0 Å². The predicted molar refractivity (Wildman–Crippen MR) is 85.9 cm³/mol. The highest BCUT2D eigenvalue weighted by Crippen LogP contribution is 2.31. The molecule has 0 saturated carbocycles. The van der Waals surface area contributed by atoms with E-state index in [1.165, 1.54) is 19.3 Å². The van der Waals surface area contributed by atoms with Crippen molar-refractivity contribution in [2.24, 2.45) is 4.99 Å². The van der Waals surface area contributed by atoms with Gasteiger partial charge < -0.3 is 9.30 Å². The van der Waals surface area contributed by atoms with Gasteiger partial charge in [-0.3, -0.25) is 9.78 Å². The lowest BCUT2D eigenvalue weighted by molar-refractivity contribution is 0.416. The molecule has 6 heteroatoms. The molecule has 0 aliphatic heterocycles. The molecular formula is C17H13N3O3. The largest absolute Gasteiger partial charge is 0.494 e. The number of aromatic nitrogens is 2. The van der Waals surface area contributed by atoms with Gasteiger partial charge in [-0.2, -0.15) is 4.99 Å². The Morgan fingerprint density at radius 2 is 2.13 bits per heavy atom. The summed E-state index contributed by atoms with van der Waals surface area (Å²) < 4.78 is 6.85. The van der Waals surface area contributed by atoms with Crippen LogP contribution < -0.4 is 10.3 Å². The van der Waals surface area contributed by atoms with Gasteiger partial charge in [0.2, 0.25) is 6.08 Å². The Morgan fingerprint density at radius 3 is 2.83 bits per heavy atom. The van der Waals surface area contributed by atoms with Crippen LogP contribution in [-0.2, 0) is 11.3 Å². The number of isocyanates is 1. The van der Waals surface area contributed by atoms with Crippen molar-refractivity contribution in [1.29, 1.82) is 0 Å². The van der Waals surface area contributed by atoms with Gasteiger partial charge in [-0.25, -0.2) is 4.79 Å². The fourth-order valence-electron chi connectivity index (χ4n) is 2.43. The molecule has 3 rings (SSSR count). The van der Waals surface area contributed by atoms with Crippen molar-refractivity contribution in [2.45, 2.75) is 6.54 Å². The van der Waals surface area contributed by atoms with E-state index >= 15 is 0 Å². The molecule has 0 atom stereocenters. The Morgan fingerprint density at radius 1 is 1.26 bits per heavy atom. The second-order valence-electron chi connectivity index (χ2n) is 4.86. The Balaban J connectivity index is 2.22. The smallest absolute Gasteiger partial charge is 0.251 e. The highest BCUT2D eigenvalue weighted by molar-refractivity contribution is 5.86. The zero-order valence-electron chi connectivity index (χ0n) is 12.4. The third-order valence-corrected chi connectivity index (χ3v) is 3.50. The van der Waals surface area contributed by atoms with Crippen molar-refractivity contribution in [2.75, 3.05) is 7.11 Å². The zero-order chi connectivity index (χ0) is 16.2. The summed E-state index contributed by atoms with van der Waals surface area (Å²) >= 11 is 0. The molecular weight excluding hydrogens is 294 g/mol. The number of carbonyl (C=O) groups excluding carboxylic acids is 1. The van der Waals surface area contributed by atoms with Crippen LogP contribution >= 0.6 is 0 Å². The standard InChI is InChI=1S/C17H13N3O3/c1-23-16-9-15-12(8-14(16)19-11-21)5-6-17(22)20(15)10-13-4-2-3-7-18-13/h2-9H,10H2,1H3. The summed E-state index contributed by atoms with van der Waals surface area (Å²) in [6, 6.07) is 12.1. The summed E-state index contributed by atoms with van der Waals surface area (Å²) in [6.45, 7) is 0.344. The molecule has 0 bridgehead atoms. The molecule has 0 spiro atoms. The maximum absolute atomic E-state index is 12.3. The fraction of sp³-hybridized carbons (Fsp3) is 0.118. The third kappa shape index (κ3) is 2.88. The number of rotatable bonds is 4. The number of methoxy groups -OCH3 is 1. The average Bonchev–Trinajstić information content (AvgIpc) is 2.58. The molecule has 0 fully saturated rings. The van der Waals surface area contributed by atoms with Crippen molar-refractivity contribution >= 4 is 22.7 Å². The highest BCUT2D eigenvalue weighted by Gasteiger charge is 2.10. The number of ether oxygens (including phenoxy) is 1. The van der Waals surface area contributed by atoms with Crippen molar-refractivity contribution in [3.05, 3.63) is 64.7 Å². The van der Waals surface area contributed by atoms with E-state index in [-0.39, 0.29) is 5.56 Å². The Kier molecular flexibility index (Phi) is 3.99. The minimum absolute atomic E-state index is 0.142. The lowest BCUT2D eigenvalue weighted by Gasteiger charge is -2.12. The molecule has 2 heterocycles. The van der Waals surface area contributed by atoms with Gasteiger partial charge in [-0.05, 0) is 24.3 Å². The second-order valence-corrected chi connectivity index (χ2v) is 4.86. The molecule has 1 aromatic carbocycles. The lowest BCUT2D eigenvalue weighted by atomic mass is 10.1. The van der Waals surface area contributed by atoms with E-state index in [1.54, 1.807) is 29.0 Å². The molecule has 2 aromatic heterocycles. The number of aliphatic imine (C=N–C) groups is 1. The number of pyridine rings is 2. The normalized spacial score (nSPS) is 10.3. The van der Waals surface area contributed by atoms with Crippen LogP contribution in [0.1, 0.15) is 5.69 Å². The first-order chi connectivity index (χ1) is 11.2. The molecule has 0 aliphatic carbocycles. The van der Waals surface area contributed by atoms with E-state index < -0.39 is 0 Å². The molecule has 23 heavy (non-hydrogen) atoms. The van der Waals surface area contributed by atoms with Gasteiger partial charge in [0.1, 0.15) is 11.4 Å². The summed E-state index contributed by atoms with van der Waals surface area (Å²) in [5.41, 5.74) is 1.69. The monoisotopic (exact) mass is 307 g/mol. The number of benzene rings is 1. The van der Waals surface area contributed by atoms with E-state index in [1.807, 2.05) is 18.2 Å². The van der Waals surface area contributed by atoms with Crippen LogP contribution in [0.4, 0.5) is 5.69 Å². The molecule has 0 radical (unpaired) electrons. The van der Waals surface area contributed by atoms with Gasteiger partial charge in [-0.15, -0.1) is 0 Å². The SMILES string of the molecule is COc1cc2c(ccc(=O)n2Cc2ccccn2)cc1N=C=O. The number of hydrogen-bond donors (Lipinski definition) is 0. The van der Waals surface area contributed by atoms with E-state index in [0.29, 0.717) is 23.5 Å². The van der Waals surface area contributed by atoms with Crippen LogP contribution in [0.3, 0.4) is 0 Å². The molecule has 0 saturated heterocycles. The van der Waals surface area contributed by atoms with Gasteiger partial charge in [0.05, 0.1) is 24.9 Å². The predicted octanol–water partition coefficient (Wildman–Crippen LogP) is 2.42. The van der Waals surface area contributed by atoms with Gasteiger partial charge >= 0.3 is 0 Å². The van der Waals surface area contributed by atoms with E-state index in [2.05, 4.69) is 9.98 Å². The van der Waals surface area contributed by atoms with E-state index in [0.717, 1.165) is 11.1 Å². The van der Waals surface area contributed by atoms with Gasteiger partial charge in [-0.1, -0.05) is 6.07 Å². The molecule has 0 unspecified atom stereocenters. The topological polar surface area (TPSA) is 73.6 Å². The zero-order valence-corrected chi connectivity index (χ0v) is 12.4. The fourth-order valence-corrected chi connectivity index (χ4v) is 2.43. The molecule has 0 N–H and O–H groups in total. The lowest BCUT2D eigenvalue weighted by Crippen LogP contribution is -2.20. The molecule has 0 amide bonds. The van der Waals surface area contributed by atoms with Crippen LogP contribution in [0.15, 0.2) is 58.4 Å². The summed E-state index contributed by atoms with van der Waals surface area (Å²) in [4.78, 5) is 30.7. The van der Waals surface area contributed by atoms with Crippen molar-refractivity contribution in [3.63, 3.8) is 0 Å². The Bertz CT molecular complexity index is 958. The minimum Gasteiger partial charge on any atom is -0.494 e. The van der Waals surface area contributed by atoms with Crippen LogP contribution in [-0.4, -0.2) is 22.7 Å². The first-order valence-corrected chi connectivity index (χ1v) is 6.92. The molecule has 6 nitrogen and oxygen atoms in total. The number of hydrogen-bond acceptors (Lipinski definition) is 5. The third-order valence-electron chi connectivity index (χ3n) is 3.50. The summed E-state index contributed by atoms with van der Waals surface area (Å²) in [7, 11) is 1.48. The summed E-state index contributed by atoms with van der Waals surface area (Å²) in [5.74, 6) is 0.404. The van der Waals surface area contributed by atoms with Crippen LogP contribution in [0.25, 0.3) is 10.9 Å². The number of fused-ring (bicyclic) bond motifs is 1. The van der Waals surface area contributed by atoms with Crippen LogP contribution in [0.2, 0.25) is 0 Å². The highest BCUT2D eigenvalue weighted by atomic mass is 16.5. The molecule has 3 aromatic rings. The van der Waals surface area contributed by atoms with Crippen LogP contribution in [0.5, 0.6) is 5.75 Å². The van der Waals surface area contributed by atoms with Gasteiger partial charge in [0.25, 0.3) is 5.56 Å². The van der Waals surface area contributed by atoms with Crippen molar-refractivity contribution < 1.29 is 9.53 Å². The van der Waals surface area contributed by atoms with E-state index in [9.17, 15) is 9.59 Å².